The lowest BCUT2D eigenvalue weighted by Gasteiger charge is -2.22. The first kappa shape index (κ1) is 15.9. The van der Waals surface area contributed by atoms with E-state index in [9.17, 15) is 0 Å². The largest absolute Gasteiger partial charge is 0.466 e. The third-order valence-electron chi connectivity index (χ3n) is 4.35. The molecule has 2 aromatic carbocycles. The van der Waals surface area contributed by atoms with Gasteiger partial charge in [-0.25, -0.2) is 0 Å². The number of aryl methyl sites for hydroxylation is 1. The Balaban J connectivity index is 1.51. The standard InChI is InChI=1S/C20H23BO2/c1-21-13-6-11-18-10-5-12-19(20(18)21)23-15-7-14-22-16-17-8-3-2-4-9-17/h2-5,7-10,12,15H,6,11,13-14,16H2,1H3/b15-7+. The fourth-order valence-corrected chi connectivity index (χ4v) is 3.19. The van der Waals surface area contributed by atoms with Crippen molar-refractivity contribution in [2.75, 3.05) is 6.61 Å². The quantitative estimate of drug-likeness (QED) is 0.455. The Bertz CT molecular complexity index is 652. The molecule has 0 saturated carbocycles. The van der Waals surface area contributed by atoms with Crippen molar-refractivity contribution in [3.05, 3.63) is 72.0 Å². The molecule has 0 saturated heterocycles. The minimum absolute atomic E-state index is 0.555. The van der Waals surface area contributed by atoms with Gasteiger partial charge in [0.25, 0.3) is 0 Å². The second kappa shape index (κ2) is 8.03. The molecule has 118 valence electrons. The molecule has 0 spiro atoms. The lowest BCUT2D eigenvalue weighted by atomic mass is 9.41. The van der Waals surface area contributed by atoms with Gasteiger partial charge in [-0.1, -0.05) is 62.0 Å². The van der Waals surface area contributed by atoms with Gasteiger partial charge < -0.3 is 9.47 Å². The summed E-state index contributed by atoms with van der Waals surface area (Å²) in [6.07, 6.45) is 7.37. The molecule has 2 nitrogen and oxygen atoms in total. The van der Waals surface area contributed by atoms with E-state index in [4.69, 9.17) is 9.47 Å². The highest BCUT2D eigenvalue weighted by molar-refractivity contribution is 6.73. The maximum absolute atomic E-state index is 5.87. The fourth-order valence-electron chi connectivity index (χ4n) is 3.19. The normalized spacial score (nSPS) is 14.0. The highest BCUT2D eigenvalue weighted by Crippen LogP contribution is 2.21. The number of hydrogen-bond donors (Lipinski definition) is 0. The van der Waals surface area contributed by atoms with Crippen LogP contribution in [-0.4, -0.2) is 13.3 Å². The predicted octanol–water partition coefficient (Wildman–Crippen LogP) is 4.07. The van der Waals surface area contributed by atoms with E-state index in [0.29, 0.717) is 19.9 Å². The predicted molar refractivity (Wildman–Crippen MR) is 96.7 cm³/mol. The van der Waals surface area contributed by atoms with Gasteiger partial charge in [-0.3, -0.25) is 0 Å². The van der Waals surface area contributed by atoms with Crippen LogP contribution in [0.15, 0.2) is 60.9 Å². The van der Waals surface area contributed by atoms with E-state index < -0.39 is 0 Å². The van der Waals surface area contributed by atoms with E-state index in [1.54, 1.807) is 6.26 Å². The van der Waals surface area contributed by atoms with Crippen LogP contribution >= 0.6 is 0 Å². The molecule has 0 amide bonds. The SMILES string of the molecule is CB1CCCc2cccc(O/C=C/COCc3ccccc3)c21. The van der Waals surface area contributed by atoms with Gasteiger partial charge in [0, 0.05) is 0 Å². The van der Waals surface area contributed by atoms with Gasteiger partial charge in [-0.05, 0) is 35.2 Å². The number of hydrogen-bond acceptors (Lipinski definition) is 2. The molecule has 0 atom stereocenters. The van der Waals surface area contributed by atoms with Gasteiger partial charge >= 0.3 is 0 Å². The van der Waals surface area contributed by atoms with E-state index in [1.165, 1.54) is 35.8 Å². The summed E-state index contributed by atoms with van der Waals surface area (Å²) in [5, 5.41) is 0. The van der Waals surface area contributed by atoms with Crippen LogP contribution in [0.4, 0.5) is 0 Å². The average molecular weight is 306 g/mol. The van der Waals surface area contributed by atoms with Crippen LogP contribution in [0.2, 0.25) is 13.1 Å². The summed E-state index contributed by atoms with van der Waals surface area (Å²) in [7, 11) is 0. The van der Waals surface area contributed by atoms with E-state index >= 15 is 0 Å². The Morgan fingerprint density at radius 3 is 2.83 bits per heavy atom. The van der Waals surface area contributed by atoms with E-state index in [2.05, 4.69) is 37.2 Å². The van der Waals surface area contributed by atoms with Gasteiger partial charge in [-0.2, -0.15) is 0 Å². The first-order valence-corrected chi connectivity index (χ1v) is 8.39. The Hall–Kier alpha value is -2.00. The number of ether oxygens (including phenoxy) is 2. The first-order chi connectivity index (χ1) is 11.3. The fraction of sp³-hybridized carbons (Fsp3) is 0.300. The van der Waals surface area contributed by atoms with Gasteiger partial charge in [-0.15, -0.1) is 0 Å². The molecule has 3 heteroatoms. The summed E-state index contributed by atoms with van der Waals surface area (Å²) in [5.74, 6) is 0.994. The summed E-state index contributed by atoms with van der Waals surface area (Å²) < 4.78 is 11.5. The summed E-state index contributed by atoms with van der Waals surface area (Å²) in [6.45, 7) is 4.05. The molecule has 0 N–H and O–H groups in total. The molecule has 0 bridgehead atoms. The minimum atomic E-state index is 0.555. The lowest BCUT2D eigenvalue weighted by molar-refractivity contribution is 0.147. The monoisotopic (exact) mass is 306 g/mol. The summed E-state index contributed by atoms with van der Waals surface area (Å²) in [4.78, 5) is 0. The van der Waals surface area contributed by atoms with Crippen LogP contribution < -0.4 is 10.2 Å². The van der Waals surface area contributed by atoms with Crippen molar-refractivity contribution in [2.24, 2.45) is 0 Å². The molecule has 0 unspecified atom stereocenters. The molecular formula is C20H23BO2. The molecule has 0 aliphatic carbocycles. The van der Waals surface area contributed by atoms with Gasteiger partial charge in [0.1, 0.15) is 5.75 Å². The molecule has 1 aliphatic rings. The van der Waals surface area contributed by atoms with E-state index in [0.717, 1.165) is 5.75 Å². The smallest absolute Gasteiger partial charge is 0.178 e. The van der Waals surface area contributed by atoms with E-state index in [1.807, 2.05) is 24.3 Å². The third kappa shape index (κ3) is 4.26. The van der Waals surface area contributed by atoms with Crippen molar-refractivity contribution in [3.63, 3.8) is 0 Å². The Kier molecular flexibility index (Phi) is 5.54. The third-order valence-corrected chi connectivity index (χ3v) is 4.35. The number of rotatable bonds is 6. The van der Waals surface area contributed by atoms with Crippen molar-refractivity contribution >= 4 is 12.2 Å². The maximum atomic E-state index is 5.87. The van der Waals surface area contributed by atoms with E-state index in [-0.39, 0.29) is 0 Å². The van der Waals surface area contributed by atoms with Crippen LogP contribution in [0.5, 0.6) is 5.75 Å². The molecule has 23 heavy (non-hydrogen) atoms. The van der Waals surface area contributed by atoms with Gasteiger partial charge in [0.15, 0.2) is 6.71 Å². The molecule has 0 aromatic heterocycles. The molecular weight excluding hydrogens is 283 g/mol. The molecule has 3 rings (SSSR count). The zero-order valence-corrected chi connectivity index (χ0v) is 13.7. The highest BCUT2D eigenvalue weighted by atomic mass is 16.5. The van der Waals surface area contributed by atoms with Crippen molar-refractivity contribution in [3.8, 4) is 5.75 Å². The second-order valence-corrected chi connectivity index (χ2v) is 6.11. The Labute approximate surface area is 139 Å². The van der Waals surface area contributed by atoms with Crippen LogP contribution in [0.1, 0.15) is 17.5 Å². The summed E-state index contributed by atoms with van der Waals surface area (Å²) in [5.41, 5.74) is 4.01. The van der Waals surface area contributed by atoms with Gasteiger partial charge in [0.05, 0.1) is 19.5 Å². The van der Waals surface area contributed by atoms with Crippen molar-refractivity contribution in [2.45, 2.75) is 32.6 Å². The highest BCUT2D eigenvalue weighted by Gasteiger charge is 2.22. The number of fused-ring (bicyclic) bond motifs is 1. The Morgan fingerprint density at radius 2 is 1.96 bits per heavy atom. The molecule has 0 fully saturated rings. The van der Waals surface area contributed by atoms with Crippen LogP contribution in [0, 0.1) is 0 Å². The van der Waals surface area contributed by atoms with Crippen LogP contribution in [-0.2, 0) is 17.8 Å². The minimum Gasteiger partial charge on any atom is -0.466 e. The second-order valence-electron chi connectivity index (χ2n) is 6.11. The summed E-state index contributed by atoms with van der Waals surface area (Å²) in [6, 6.07) is 16.6. The molecule has 0 radical (unpaired) electrons. The zero-order chi connectivity index (χ0) is 15.9. The molecule has 1 aliphatic heterocycles. The van der Waals surface area contributed by atoms with Crippen LogP contribution in [0.3, 0.4) is 0 Å². The molecule has 1 heterocycles. The maximum Gasteiger partial charge on any atom is 0.178 e. The number of benzene rings is 2. The van der Waals surface area contributed by atoms with Crippen molar-refractivity contribution in [1.29, 1.82) is 0 Å². The Morgan fingerprint density at radius 1 is 1.09 bits per heavy atom. The zero-order valence-electron chi connectivity index (χ0n) is 13.7. The van der Waals surface area contributed by atoms with Crippen molar-refractivity contribution < 1.29 is 9.47 Å². The molecule has 2 aromatic rings. The lowest BCUT2D eigenvalue weighted by Crippen LogP contribution is -2.34. The van der Waals surface area contributed by atoms with Crippen LogP contribution in [0.25, 0.3) is 0 Å². The van der Waals surface area contributed by atoms with Gasteiger partial charge in [0.2, 0.25) is 0 Å². The topological polar surface area (TPSA) is 18.5 Å². The first-order valence-electron chi connectivity index (χ1n) is 8.39. The van der Waals surface area contributed by atoms with Crippen molar-refractivity contribution in [1.82, 2.24) is 0 Å². The summed E-state index contributed by atoms with van der Waals surface area (Å²) >= 11 is 0. The average Bonchev–Trinajstić information content (AvgIpc) is 2.59.